The molecular weight excluding hydrogens is 296 g/mol. The van der Waals surface area contributed by atoms with Gasteiger partial charge in [0.25, 0.3) is 0 Å². The number of aryl methyl sites for hydroxylation is 1. The number of aliphatic hydroxyl groups is 1. The Kier molecular flexibility index (Phi) is 5.15. The molecule has 0 aliphatic carbocycles. The first kappa shape index (κ1) is 16.3. The van der Waals surface area contributed by atoms with Gasteiger partial charge in [-0.25, -0.2) is 4.79 Å². The number of allylic oxidation sites excluding steroid dienone is 1. The standard InChI is InChI=1S/C18H16O5/c1-12-5-7-13(8-6-12)11-23-15-4-2-3-14(9-15)16(19)10-17(20)18(21)22/h2-10,20H,11H2,1H3,(H,21,22). The maximum Gasteiger partial charge on any atom is 0.371 e. The third-order valence-corrected chi connectivity index (χ3v) is 3.13. The predicted molar refractivity (Wildman–Crippen MR) is 84.6 cm³/mol. The highest BCUT2D eigenvalue weighted by molar-refractivity contribution is 6.07. The Morgan fingerprint density at radius 3 is 2.43 bits per heavy atom. The zero-order valence-corrected chi connectivity index (χ0v) is 12.5. The Balaban J connectivity index is 2.07. The summed E-state index contributed by atoms with van der Waals surface area (Å²) in [5.41, 5.74) is 2.39. The van der Waals surface area contributed by atoms with E-state index >= 15 is 0 Å². The van der Waals surface area contributed by atoms with Gasteiger partial charge in [0.05, 0.1) is 0 Å². The van der Waals surface area contributed by atoms with Crippen molar-refractivity contribution >= 4 is 11.8 Å². The Hall–Kier alpha value is -3.08. The molecule has 0 unspecified atom stereocenters. The molecule has 5 nitrogen and oxygen atoms in total. The summed E-state index contributed by atoms with van der Waals surface area (Å²) in [7, 11) is 0. The molecular formula is C18H16O5. The SMILES string of the molecule is Cc1ccc(COc2cccc(C(=O)C=C(O)C(=O)O)c2)cc1. The number of carbonyl (C=O) groups is 2. The van der Waals surface area contributed by atoms with E-state index in [0.717, 1.165) is 11.1 Å². The molecule has 0 amide bonds. The molecule has 2 aromatic carbocycles. The summed E-state index contributed by atoms with van der Waals surface area (Å²) >= 11 is 0. The smallest absolute Gasteiger partial charge is 0.371 e. The van der Waals surface area contributed by atoms with Crippen molar-refractivity contribution in [1.29, 1.82) is 0 Å². The zero-order valence-electron chi connectivity index (χ0n) is 12.5. The molecule has 0 saturated carbocycles. The van der Waals surface area contributed by atoms with E-state index in [1.54, 1.807) is 12.1 Å². The number of carboxylic acids is 1. The largest absolute Gasteiger partial charge is 0.502 e. The second kappa shape index (κ2) is 7.26. The minimum atomic E-state index is -1.55. The average Bonchev–Trinajstić information content (AvgIpc) is 2.54. The normalized spacial score (nSPS) is 11.1. The lowest BCUT2D eigenvalue weighted by Gasteiger charge is -2.07. The average molecular weight is 312 g/mol. The van der Waals surface area contributed by atoms with Crippen molar-refractivity contribution in [1.82, 2.24) is 0 Å². The number of aliphatic hydroxyl groups excluding tert-OH is 1. The van der Waals surface area contributed by atoms with Gasteiger partial charge in [-0.15, -0.1) is 0 Å². The van der Waals surface area contributed by atoms with Crippen LogP contribution in [0.2, 0.25) is 0 Å². The van der Waals surface area contributed by atoms with Crippen LogP contribution in [0.5, 0.6) is 5.75 Å². The molecule has 2 aromatic rings. The number of benzene rings is 2. The van der Waals surface area contributed by atoms with Crippen LogP contribution in [0.4, 0.5) is 0 Å². The van der Waals surface area contributed by atoms with Crippen molar-refractivity contribution in [2.24, 2.45) is 0 Å². The van der Waals surface area contributed by atoms with Gasteiger partial charge in [-0.1, -0.05) is 42.0 Å². The van der Waals surface area contributed by atoms with Gasteiger partial charge in [0.2, 0.25) is 5.76 Å². The maximum absolute atomic E-state index is 11.9. The van der Waals surface area contributed by atoms with Crippen molar-refractivity contribution in [3.05, 3.63) is 77.1 Å². The van der Waals surface area contributed by atoms with Crippen molar-refractivity contribution in [3.8, 4) is 5.75 Å². The molecule has 2 rings (SSSR count). The molecule has 0 atom stereocenters. The summed E-state index contributed by atoms with van der Waals surface area (Å²) in [6, 6.07) is 14.2. The fraction of sp³-hybridized carbons (Fsp3) is 0.111. The molecule has 0 fully saturated rings. The number of hydrogen-bond donors (Lipinski definition) is 2. The van der Waals surface area contributed by atoms with Crippen molar-refractivity contribution in [2.75, 3.05) is 0 Å². The van der Waals surface area contributed by atoms with Gasteiger partial charge < -0.3 is 14.9 Å². The molecule has 0 aromatic heterocycles. The molecule has 0 radical (unpaired) electrons. The van der Waals surface area contributed by atoms with E-state index in [1.165, 1.54) is 12.1 Å². The minimum Gasteiger partial charge on any atom is -0.502 e. The van der Waals surface area contributed by atoms with Crippen LogP contribution in [0.25, 0.3) is 0 Å². The molecule has 0 aliphatic rings. The van der Waals surface area contributed by atoms with E-state index in [9.17, 15) is 9.59 Å². The number of carboxylic acid groups (broad SMARTS) is 1. The highest BCUT2D eigenvalue weighted by atomic mass is 16.5. The van der Waals surface area contributed by atoms with E-state index in [2.05, 4.69) is 0 Å². The zero-order chi connectivity index (χ0) is 16.8. The molecule has 0 bridgehead atoms. The summed E-state index contributed by atoms with van der Waals surface area (Å²) in [5, 5.41) is 17.7. The molecule has 5 heteroatoms. The molecule has 0 saturated heterocycles. The summed E-state index contributed by atoms with van der Waals surface area (Å²) in [6.07, 6.45) is 0.668. The number of hydrogen-bond acceptors (Lipinski definition) is 4. The van der Waals surface area contributed by atoms with Gasteiger partial charge in [-0.05, 0) is 24.6 Å². The van der Waals surface area contributed by atoms with Gasteiger partial charge in [-0.3, -0.25) is 4.79 Å². The number of ketones is 1. The Bertz CT molecular complexity index is 744. The van der Waals surface area contributed by atoms with Gasteiger partial charge >= 0.3 is 5.97 Å². The first-order valence-corrected chi connectivity index (χ1v) is 6.92. The second-order valence-electron chi connectivity index (χ2n) is 5.00. The Morgan fingerprint density at radius 2 is 1.78 bits per heavy atom. The van der Waals surface area contributed by atoms with Crippen LogP contribution in [0.15, 0.2) is 60.4 Å². The summed E-state index contributed by atoms with van der Waals surface area (Å²) < 4.78 is 5.62. The van der Waals surface area contributed by atoms with Crippen molar-refractivity contribution < 1.29 is 24.5 Å². The fourth-order valence-corrected chi connectivity index (χ4v) is 1.86. The lowest BCUT2D eigenvalue weighted by atomic mass is 10.1. The second-order valence-corrected chi connectivity index (χ2v) is 5.00. The third kappa shape index (κ3) is 4.71. The van der Waals surface area contributed by atoms with Gasteiger partial charge in [0.15, 0.2) is 5.78 Å². The van der Waals surface area contributed by atoms with Crippen LogP contribution in [0.3, 0.4) is 0 Å². The lowest BCUT2D eigenvalue weighted by Crippen LogP contribution is -2.04. The monoisotopic (exact) mass is 312 g/mol. The number of carbonyl (C=O) groups excluding carboxylic acids is 1. The van der Waals surface area contributed by atoms with E-state index in [-0.39, 0.29) is 5.56 Å². The molecule has 0 heterocycles. The topological polar surface area (TPSA) is 83.8 Å². The number of ether oxygens (including phenoxy) is 1. The van der Waals surface area contributed by atoms with E-state index in [1.807, 2.05) is 31.2 Å². The van der Waals surface area contributed by atoms with E-state index in [0.29, 0.717) is 18.4 Å². The predicted octanol–water partition coefficient (Wildman–Crippen LogP) is 3.28. The van der Waals surface area contributed by atoms with Gasteiger partial charge in [0, 0.05) is 11.6 Å². The van der Waals surface area contributed by atoms with Gasteiger partial charge in [0.1, 0.15) is 12.4 Å². The molecule has 0 aliphatic heterocycles. The molecule has 0 spiro atoms. The van der Waals surface area contributed by atoms with Gasteiger partial charge in [-0.2, -0.15) is 0 Å². The molecule has 2 N–H and O–H groups in total. The lowest BCUT2D eigenvalue weighted by molar-refractivity contribution is -0.135. The highest BCUT2D eigenvalue weighted by Gasteiger charge is 2.10. The molecule has 118 valence electrons. The van der Waals surface area contributed by atoms with Crippen LogP contribution in [0.1, 0.15) is 21.5 Å². The maximum atomic E-state index is 11.9. The van der Waals surface area contributed by atoms with Crippen LogP contribution >= 0.6 is 0 Å². The minimum absolute atomic E-state index is 0.235. The van der Waals surface area contributed by atoms with Crippen LogP contribution < -0.4 is 4.74 Å². The number of aliphatic carboxylic acids is 1. The summed E-state index contributed by atoms with van der Waals surface area (Å²) in [6.45, 7) is 2.36. The first-order valence-electron chi connectivity index (χ1n) is 6.92. The van der Waals surface area contributed by atoms with Crippen LogP contribution in [-0.4, -0.2) is 22.0 Å². The Morgan fingerprint density at radius 1 is 1.09 bits per heavy atom. The van der Waals surface area contributed by atoms with E-state index in [4.69, 9.17) is 14.9 Å². The number of rotatable bonds is 6. The van der Waals surface area contributed by atoms with Crippen molar-refractivity contribution in [2.45, 2.75) is 13.5 Å². The molecule has 23 heavy (non-hydrogen) atoms. The van der Waals surface area contributed by atoms with Crippen LogP contribution in [-0.2, 0) is 11.4 Å². The van der Waals surface area contributed by atoms with Crippen LogP contribution in [0, 0.1) is 6.92 Å². The first-order chi connectivity index (χ1) is 11.0. The Labute approximate surface area is 133 Å². The van der Waals surface area contributed by atoms with Crippen molar-refractivity contribution in [3.63, 3.8) is 0 Å². The quantitative estimate of drug-likeness (QED) is 0.486. The summed E-state index contributed by atoms with van der Waals surface area (Å²) in [5.74, 6) is -2.67. The fourth-order valence-electron chi connectivity index (χ4n) is 1.86. The summed E-state index contributed by atoms with van der Waals surface area (Å²) in [4.78, 5) is 22.4. The highest BCUT2D eigenvalue weighted by Crippen LogP contribution is 2.16. The van der Waals surface area contributed by atoms with E-state index < -0.39 is 17.5 Å². The third-order valence-electron chi connectivity index (χ3n) is 3.13.